The summed E-state index contributed by atoms with van der Waals surface area (Å²) in [7, 11) is 0. The molecule has 0 aromatic heterocycles. The van der Waals surface area contributed by atoms with E-state index in [1.54, 1.807) is 6.92 Å². The maximum Gasteiger partial charge on any atom is 0.339 e. The van der Waals surface area contributed by atoms with E-state index in [4.69, 9.17) is 15.9 Å². The lowest BCUT2D eigenvalue weighted by molar-refractivity contribution is 0.0692. The predicted octanol–water partition coefficient (Wildman–Crippen LogP) is 1.12. The maximum atomic E-state index is 13.1. The number of halogens is 1. The van der Waals surface area contributed by atoms with Gasteiger partial charge in [-0.25, -0.2) is 9.18 Å². The average molecular weight is 213 g/mol. The zero-order valence-electron chi connectivity index (χ0n) is 8.20. The quantitative estimate of drug-likeness (QED) is 0.702. The molecule has 0 heterocycles. The molecule has 15 heavy (non-hydrogen) atoms. The summed E-state index contributed by atoms with van der Waals surface area (Å²) < 4.78 is 13.1. The molecular formula is C10H12FNO3. The first kappa shape index (κ1) is 11.5. The molecule has 0 saturated heterocycles. The van der Waals surface area contributed by atoms with Crippen LogP contribution in [0.25, 0.3) is 0 Å². The molecule has 0 aliphatic rings. The van der Waals surface area contributed by atoms with Crippen molar-refractivity contribution in [2.75, 3.05) is 0 Å². The molecule has 1 rings (SSSR count). The van der Waals surface area contributed by atoms with Gasteiger partial charge < -0.3 is 15.9 Å². The fraction of sp³-hybridized carbons (Fsp3) is 0.300. The van der Waals surface area contributed by atoms with Gasteiger partial charge in [0.25, 0.3) is 0 Å². The summed E-state index contributed by atoms with van der Waals surface area (Å²) >= 11 is 0. The largest absolute Gasteiger partial charge is 0.504 e. The first-order chi connectivity index (χ1) is 6.91. The minimum Gasteiger partial charge on any atom is -0.504 e. The first-order valence-electron chi connectivity index (χ1n) is 4.42. The van der Waals surface area contributed by atoms with Crippen LogP contribution in [0.4, 0.5) is 4.39 Å². The monoisotopic (exact) mass is 213 g/mol. The Balaban J connectivity index is 3.17. The third kappa shape index (κ3) is 2.66. The summed E-state index contributed by atoms with van der Waals surface area (Å²) in [6, 6.07) is 2.12. The number of hydrogen-bond donors (Lipinski definition) is 3. The Morgan fingerprint density at radius 2 is 2.20 bits per heavy atom. The Morgan fingerprint density at radius 3 is 2.67 bits per heavy atom. The molecule has 0 aliphatic carbocycles. The third-order valence-electron chi connectivity index (χ3n) is 1.91. The van der Waals surface area contributed by atoms with E-state index in [-0.39, 0.29) is 6.04 Å². The zero-order valence-corrected chi connectivity index (χ0v) is 8.20. The van der Waals surface area contributed by atoms with E-state index in [1.165, 1.54) is 6.07 Å². The number of benzene rings is 1. The van der Waals surface area contributed by atoms with Gasteiger partial charge in [0.15, 0.2) is 11.6 Å². The Labute approximate surface area is 86.1 Å². The fourth-order valence-electron chi connectivity index (χ4n) is 1.31. The number of rotatable bonds is 3. The van der Waals surface area contributed by atoms with Crippen LogP contribution in [-0.2, 0) is 6.42 Å². The minimum absolute atomic E-state index is 0.199. The van der Waals surface area contributed by atoms with E-state index in [0.29, 0.717) is 12.0 Å². The maximum absolute atomic E-state index is 13.1. The molecule has 1 aromatic carbocycles. The van der Waals surface area contributed by atoms with Crippen molar-refractivity contribution in [3.8, 4) is 5.75 Å². The Bertz CT molecular complexity index is 390. The van der Waals surface area contributed by atoms with Crippen molar-refractivity contribution < 1.29 is 19.4 Å². The lowest BCUT2D eigenvalue weighted by atomic mass is 10.0. The number of aromatic carboxylic acids is 1. The number of carboxylic acid groups (broad SMARTS) is 1. The Hall–Kier alpha value is -1.62. The molecule has 0 bridgehead atoms. The van der Waals surface area contributed by atoms with Crippen LogP contribution in [-0.4, -0.2) is 22.2 Å². The summed E-state index contributed by atoms with van der Waals surface area (Å²) in [4.78, 5) is 10.7. The third-order valence-corrected chi connectivity index (χ3v) is 1.91. The van der Waals surface area contributed by atoms with Crippen molar-refractivity contribution in [3.05, 3.63) is 29.1 Å². The molecule has 0 aliphatic heterocycles. The predicted molar refractivity (Wildman–Crippen MR) is 52.4 cm³/mol. The second-order valence-corrected chi connectivity index (χ2v) is 3.46. The van der Waals surface area contributed by atoms with Gasteiger partial charge in [0, 0.05) is 6.04 Å². The summed E-state index contributed by atoms with van der Waals surface area (Å²) in [5.74, 6) is -3.14. The lowest BCUT2D eigenvalue weighted by Gasteiger charge is -2.08. The van der Waals surface area contributed by atoms with Crippen LogP contribution in [0.15, 0.2) is 12.1 Å². The highest BCUT2D eigenvalue weighted by molar-refractivity contribution is 5.91. The van der Waals surface area contributed by atoms with Crippen molar-refractivity contribution in [2.24, 2.45) is 5.73 Å². The SMILES string of the molecule is CC(N)Cc1cc(F)c(O)c(C(=O)O)c1. The van der Waals surface area contributed by atoms with Crippen LogP contribution in [0.5, 0.6) is 5.75 Å². The molecule has 0 fully saturated rings. The van der Waals surface area contributed by atoms with E-state index in [9.17, 15) is 9.18 Å². The van der Waals surface area contributed by atoms with Crippen molar-refractivity contribution in [2.45, 2.75) is 19.4 Å². The standard InChI is InChI=1S/C10H12FNO3/c1-5(12)2-6-3-7(10(14)15)9(13)8(11)4-6/h3-5,13H,2,12H2,1H3,(H,14,15). The molecular weight excluding hydrogens is 201 g/mol. The molecule has 0 saturated carbocycles. The van der Waals surface area contributed by atoms with Crippen molar-refractivity contribution in [1.82, 2.24) is 0 Å². The number of carboxylic acids is 1. The number of nitrogens with two attached hydrogens (primary N) is 1. The Morgan fingerprint density at radius 1 is 1.60 bits per heavy atom. The molecule has 0 radical (unpaired) electrons. The molecule has 4 nitrogen and oxygen atoms in total. The van der Waals surface area contributed by atoms with Crippen molar-refractivity contribution >= 4 is 5.97 Å². The summed E-state index contributed by atoms with van der Waals surface area (Å²) in [6.45, 7) is 1.73. The van der Waals surface area contributed by atoms with Crippen LogP contribution >= 0.6 is 0 Å². The molecule has 1 unspecified atom stereocenters. The highest BCUT2D eigenvalue weighted by atomic mass is 19.1. The molecule has 0 amide bonds. The van der Waals surface area contributed by atoms with Crippen LogP contribution < -0.4 is 5.73 Å². The topological polar surface area (TPSA) is 83.5 Å². The highest BCUT2D eigenvalue weighted by Crippen LogP contribution is 2.23. The molecule has 5 heteroatoms. The molecule has 1 atom stereocenters. The fourth-order valence-corrected chi connectivity index (χ4v) is 1.31. The zero-order chi connectivity index (χ0) is 11.6. The van der Waals surface area contributed by atoms with Crippen LogP contribution in [0.3, 0.4) is 0 Å². The van der Waals surface area contributed by atoms with Gasteiger partial charge in [-0.2, -0.15) is 0 Å². The van der Waals surface area contributed by atoms with Gasteiger partial charge in [-0.1, -0.05) is 0 Å². The van der Waals surface area contributed by atoms with Crippen LogP contribution in [0.2, 0.25) is 0 Å². The van der Waals surface area contributed by atoms with Gasteiger partial charge in [0.1, 0.15) is 5.56 Å². The Kier molecular flexibility index (Phi) is 3.26. The van der Waals surface area contributed by atoms with Gasteiger partial charge in [-0.3, -0.25) is 0 Å². The molecule has 4 N–H and O–H groups in total. The van der Waals surface area contributed by atoms with E-state index < -0.39 is 23.1 Å². The van der Waals surface area contributed by atoms with Crippen molar-refractivity contribution in [1.29, 1.82) is 0 Å². The van der Waals surface area contributed by atoms with E-state index >= 15 is 0 Å². The second-order valence-electron chi connectivity index (χ2n) is 3.46. The summed E-state index contributed by atoms with van der Waals surface area (Å²) in [6.07, 6.45) is 0.359. The number of carbonyl (C=O) groups is 1. The van der Waals surface area contributed by atoms with Gasteiger partial charge in [-0.05, 0) is 31.0 Å². The van der Waals surface area contributed by atoms with Gasteiger partial charge in [0.2, 0.25) is 0 Å². The van der Waals surface area contributed by atoms with E-state index in [1.807, 2.05) is 0 Å². The smallest absolute Gasteiger partial charge is 0.339 e. The number of hydrogen-bond acceptors (Lipinski definition) is 3. The molecule has 82 valence electrons. The van der Waals surface area contributed by atoms with E-state index in [0.717, 1.165) is 6.07 Å². The minimum atomic E-state index is -1.36. The first-order valence-corrected chi connectivity index (χ1v) is 4.42. The molecule has 0 spiro atoms. The normalized spacial score (nSPS) is 12.5. The van der Waals surface area contributed by atoms with E-state index in [2.05, 4.69) is 0 Å². The van der Waals surface area contributed by atoms with Gasteiger partial charge >= 0.3 is 5.97 Å². The van der Waals surface area contributed by atoms with Crippen molar-refractivity contribution in [3.63, 3.8) is 0 Å². The second kappa shape index (κ2) is 4.27. The van der Waals surface area contributed by atoms with Crippen LogP contribution in [0.1, 0.15) is 22.8 Å². The van der Waals surface area contributed by atoms with Gasteiger partial charge in [0.05, 0.1) is 0 Å². The number of phenols is 1. The number of aromatic hydroxyl groups is 1. The summed E-state index contributed by atoms with van der Waals surface area (Å²) in [5, 5.41) is 17.8. The van der Waals surface area contributed by atoms with Crippen LogP contribution in [0, 0.1) is 5.82 Å². The lowest BCUT2D eigenvalue weighted by Crippen LogP contribution is -2.18. The summed E-state index contributed by atoms with van der Waals surface area (Å²) in [5.41, 5.74) is 5.52. The average Bonchev–Trinajstić information content (AvgIpc) is 2.09. The van der Waals surface area contributed by atoms with Gasteiger partial charge in [-0.15, -0.1) is 0 Å². The molecule has 1 aromatic rings. The highest BCUT2D eigenvalue weighted by Gasteiger charge is 2.15.